The highest BCUT2D eigenvalue weighted by Gasteiger charge is 2.46. The molecule has 2 aromatic carbocycles. The second-order valence-corrected chi connectivity index (χ2v) is 14.9. The van der Waals surface area contributed by atoms with Crippen LogP contribution < -0.4 is 14.4 Å². The predicted octanol–water partition coefficient (Wildman–Crippen LogP) is 5.95. The lowest BCUT2D eigenvalue weighted by Gasteiger charge is -2.49. The number of carbonyl (C=O) groups is 1. The van der Waals surface area contributed by atoms with Crippen molar-refractivity contribution >= 4 is 34.2 Å². The molecular weight excluding hydrogens is 544 g/mol. The number of ether oxygens (including phenoxy) is 1. The number of aryl methyl sites for hydroxylation is 1. The van der Waals surface area contributed by atoms with Crippen LogP contribution >= 0.6 is 11.6 Å². The van der Waals surface area contributed by atoms with Crippen molar-refractivity contribution in [3.63, 3.8) is 0 Å². The standard InChI is InChI=1S/C32H41ClN2O4S/c1-21-6-3-4-14-31(2,37)26-11-8-24(26)18-35-19-32(15-5-7-22-16-25(33)10-12-27(22)32)20-39-29-13-9-23(17-28(29)35)30(36)34-40(21)38/h9-10,12-13,16-17,21,24,26,37H,3-8,11,14-15,18-20H2,1-2H3,(H,34,36)/t21?,24?,26?,31-,32+,40?/m1/s1. The second kappa shape index (κ2) is 11.0. The molecule has 0 saturated heterocycles. The minimum Gasteiger partial charge on any atom is -0.490 e. The van der Waals surface area contributed by atoms with E-state index in [0.29, 0.717) is 18.1 Å². The van der Waals surface area contributed by atoms with Crippen molar-refractivity contribution < 1.29 is 18.8 Å². The number of benzene rings is 2. The lowest BCUT2D eigenvalue weighted by molar-refractivity contribution is -0.0742. The molecule has 0 aromatic heterocycles. The topological polar surface area (TPSA) is 78.9 Å². The van der Waals surface area contributed by atoms with Gasteiger partial charge >= 0.3 is 0 Å². The summed E-state index contributed by atoms with van der Waals surface area (Å²) < 4.78 is 22.2. The molecular formula is C32H41ClN2O4S. The third kappa shape index (κ3) is 5.30. The molecule has 4 aliphatic rings. The summed E-state index contributed by atoms with van der Waals surface area (Å²) in [6.45, 7) is 6.06. The summed E-state index contributed by atoms with van der Waals surface area (Å²) in [5.74, 6) is 1.05. The van der Waals surface area contributed by atoms with E-state index in [-0.39, 0.29) is 22.5 Å². The van der Waals surface area contributed by atoms with E-state index >= 15 is 0 Å². The van der Waals surface area contributed by atoms with Gasteiger partial charge in [0.05, 0.1) is 23.1 Å². The fraction of sp³-hybridized carbons (Fsp3) is 0.594. The summed E-state index contributed by atoms with van der Waals surface area (Å²) in [4.78, 5) is 15.6. The number of fused-ring (bicyclic) bond motifs is 4. The van der Waals surface area contributed by atoms with Crippen LogP contribution in [0.3, 0.4) is 0 Å². The highest BCUT2D eigenvalue weighted by molar-refractivity contribution is 7.84. The molecule has 6 nitrogen and oxygen atoms in total. The molecule has 1 saturated carbocycles. The Labute approximate surface area is 245 Å². The Morgan fingerprint density at radius 2 is 1.95 bits per heavy atom. The van der Waals surface area contributed by atoms with E-state index in [1.165, 1.54) is 11.1 Å². The van der Waals surface area contributed by atoms with Gasteiger partial charge in [-0.1, -0.05) is 30.5 Å². The molecule has 6 rings (SSSR count). The van der Waals surface area contributed by atoms with E-state index in [4.69, 9.17) is 16.3 Å². The zero-order valence-electron chi connectivity index (χ0n) is 23.6. The minimum absolute atomic E-state index is 0.154. The summed E-state index contributed by atoms with van der Waals surface area (Å²) >= 11 is 6.40. The average molecular weight is 585 g/mol. The van der Waals surface area contributed by atoms with Crippen LogP contribution in [0.5, 0.6) is 5.75 Å². The van der Waals surface area contributed by atoms with E-state index in [1.807, 2.05) is 32.0 Å². The van der Waals surface area contributed by atoms with E-state index in [0.717, 1.165) is 87.3 Å². The smallest absolute Gasteiger partial charge is 0.263 e. The molecule has 8 heteroatoms. The summed E-state index contributed by atoms with van der Waals surface area (Å²) in [6.07, 6.45) is 8.46. The first-order valence-electron chi connectivity index (χ1n) is 14.9. The maximum Gasteiger partial charge on any atom is 0.263 e. The van der Waals surface area contributed by atoms with Gasteiger partial charge in [-0.05, 0) is 112 Å². The number of amides is 1. The fourth-order valence-electron chi connectivity index (χ4n) is 7.60. The van der Waals surface area contributed by atoms with Gasteiger partial charge in [0, 0.05) is 29.1 Å². The van der Waals surface area contributed by atoms with Gasteiger partial charge in [-0.2, -0.15) is 0 Å². The van der Waals surface area contributed by atoms with Gasteiger partial charge in [-0.25, -0.2) is 4.21 Å². The number of anilines is 1. The molecule has 2 aliphatic heterocycles. The molecule has 2 heterocycles. The Hall–Kier alpha value is -2.09. The van der Waals surface area contributed by atoms with Crippen LogP contribution in [0.25, 0.3) is 0 Å². The number of carbonyl (C=O) groups excluding carboxylic acids is 1. The van der Waals surface area contributed by atoms with Gasteiger partial charge in [0.1, 0.15) is 16.7 Å². The van der Waals surface area contributed by atoms with E-state index < -0.39 is 16.6 Å². The first-order valence-corrected chi connectivity index (χ1v) is 16.5. The third-order valence-electron chi connectivity index (χ3n) is 10.1. The van der Waals surface area contributed by atoms with Crippen molar-refractivity contribution in [3.8, 4) is 5.75 Å². The molecule has 4 unspecified atom stereocenters. The molecule has 40 heavy (non-hydrogen) atoms. The van der Waals surface area contributed by atoms with Crippen molar-refractivity contribution in [1.29, 1.82) is 0 Å². The highest BCUT2D eigenvalue weighted by atomic mass is 35.5. The molecule has 2 aliphatic carbocycles. The number of rotatable bonds is 0. The van der Waals surface area contributed by atoms with E-state index in [9.17, 15) is 14.1 Å². The molecule has 2 bridgehead atoms. The lowest BCUT2D eigenvalue weighted by Crippen LogP contribution is -2.52. The lowest BCUT2D eigenvalue weighted by atomic mass is 9.63. The number of hydrogen-bond acceptors (Lipinski definition) is 5. The summed E-state index contributed by atoms with van der Waals surface area (Å²) in [5, 5.41) is 12.2. The third-order valence-corrected chi connectivity index (χ3v) is 11.7. The van der Waals surface area contributed by atoms with Crippen molar-refractivity contribution in [2.75, 3.05) is 24.6 Å². The molecule has 1 spiro atoms. The van der Waals surface area contributed by atoms with Crippen molar-refractivity contribution in [3.05, 3.63) is 58.1 Å². The maximum atomic E-state index is 13.2. The zero-order chi connectivity index (χ0) is 28.1. The van der Waals surface area contributed by atoms with Gasteiger partial charge < -0.3 is 14.7 Å². The predicted molar refractivity (Wildman–Crippen MR) is 161 cm³/mol. The van der Waals surface area contributed by atoms with E-state index in [1.54, 1.807) is 6.07 Å². The fourth-order valence-corrected chi connectivity index (χ4v) is 8.68. The van der Waals surface area contributed by atoms with Crippen LogP contribution in [0, 0.1) is 11.8 Å². The first-order chi connectivity index (χ1) is 19.1. The molecule has 2 aromatic rings. The van der Waals surface area contributed by atoms with Gasteiger partial charge in [-0.15, -0.1) is 0 Å². The van der Waals surface area contributed by atoms with Gasteiger partial charge in [0.15, 0.2) is 0 Å². The maximum absolute atomic E-state index is 13.2. The number of nitrogens with zero attached hydrogens (tertiary/aromatic N) is 1. The van der Waals surface area contributed by atoms with Crippen LogP contribution in [0.15, 0.2) is 36.4 Å². The Morgan fingerprint density at radius 3 is 2.75 bits per heavy atom. The van der Waals surface area contributed by atoms with E-state index in [2.05, 4.69) is 21.8 Å². The molecule has 1 amide bonds. The highest BCUT2D eigenvalue weighted by Crippen LogP contribution is 2.48. The normalized spacial score (nSPS) is 34.5. The quantitative estimate of drug-likeness (QED) is 0.400. The van der Waals surface area contributed by atoms with Gasteiger partial charge in [-0.3, -0.25) is 9.52 Å². The average Bonchev–Trinajstić information content (AvgIpc) is 3.05. The van der Waals surface area contributed by atoms with Crippen molar-refractivity contribution in [2.24, 2.45) is 11.8 Å². The Kier molecular flexibility index (Phi) is 7.68. The van der Waals surface area contributed by atoms with Crippen LogP contribution in [0.4, 0.5) is 5.69 Å². The second-order valence-electron chi connectivity index (χ2n) is 12.9. The van der Waals surface area contributed by atoms with Gasteiger partial charge in [0.2, 0.25) is 0 Å². The van der Waals surface area contributed by atoms with Crippen LogP contribution in [-0.4, -0.2) is 45.8 Å². The molecule has 6 atom stereocenters. The summed E-state index contributed by atoms with van der Waals surface area (Å²) in [6, 6.07) is 11.9. The molecule has 216 valence electrons. The molecule has 0 radical (unpaired) electrons. The summed E-state index contributed by atoms with van der Waals surface area (Å²) in [5.41, 5.74) is 3.08. The Balaban J connectivity index is 1.41. The van der Waals surface area contributed by atoms with Crippen LogP contribution in [0.1, 0.15) is 86.7 Å². The number of nitrogens with one attached hydrogen (secondary N) is 1. The number of hydrogen-bond donors (Lipinski definition) is 2. The van der Waals surface area contributed by atoms with Crippen LogP contribution in [0.2, 0.25) is 5.02 Å². The van der Waals surface area contributed by atoms with Crippen molar-refractivity contribution in [2.45, 2.75) is 87.9 Å². The van der Waals surface area contributed by atoms with Crippen molar-refractivity contribution in [1.82, 2.24) is 4.72 Å². The molecule has 1 fully saturated rings. The summed E-state index contributed by atoms with van der Waals surface area (Å²) in [7, 11) is -1.48. The largest absolute Gasteiger partial charge is 0.490 e. The Bertz CT molecular complexity index is 1320. The number of aliphatic hydroxyl groups is 1. The van der Waals surface area contributed by atoms with Gasteiger partial charge in [0.25, 0.3) is 5.91 Å². The SMILES string of the molecule is CC1CCCC[C@@](C)(O)C2CCC2CN2C[C@@]3(CCCc4cc(Cl)ccc43)COc3ccc(cc32)C(=O)NS1=O. The first kappa shape index (κ1) is 28.0. The zero-order valence-corrected chi connectivity index (χ0v) is 25.2. The monoisotopic (exact) mass is 584 g/mol. The van der Waals surface area contributed by atoms with Crippen LogP contribution in [-0.2, 0) is 22.8 Å². The minimum atomic E-state index is -1.48. The molecule has 2 N–H and O–H groups in total. The Morgan fingerprint density at radius 1 is 1.10 bits per heavy atom. The number of halogens is 1.